The fourth-order valence-corrected chi connectivity index (χ4v) is 6.82. The molecule has 1 aliphatic rings. The van der Waals surface area contributed by atoms with Gasteiger partial charge in [-0.15, -0.1) is 10.2 Å². The lowest BCUT2D eigenvalue weighted by molar-refractivity contribution is 0.0951. The van der Waals surface area contributed by atoms with Gasteiger partial charge in [0.1, 0.15) is 18.2 Å². The molecule has 7 rings (SSSR count). The summed E-state index contributed by atoms with van der Waals surface area (Å²) in [6.07, 6.45) is 6.39. The molecule has 6 aromatic rings. The number of H-pyrrole nitrogens is 1. The zero-order valence-electron chi connectivity index (χ0n) is 28.8. The van der Waals surface area contributed by atoms with Gasteiger partial charge in [-0.2, -0.15) is 5.21 Å². The van der Waals surface area contributed by atoms with Gasteiger partial charge in [0.2, 0.25) is 5.82 Å². The van der Waals surface area contributed by atoms with E-state index in [4.69, 9.17) is 24.3 Å². The topological polar surface area (TPSA) is 149 Å². The van der Waals surface area contributed by atoms with E-state index < -0.39 is 0 Å². The van der Waals surface area contributed by atoms with E-state index in [0.717, 1.165) is 57.5 Å². The lowest BCUT2D eigenvalue weighted by atomic mass is 9.94. The van der Waals surface area contributed by atoms with E-state index in [2.05, 4.69) is 48.7 Å². The van der Waals surface area contributed by atoms with Crippen LogP contribution >= 0.6 is 0 Å². The van der Waals surface area contributed by atoms with Crippen molar-refractivity contribution in [1.82, 2.24) is 35.5 Å². The third-order valence-corrected chi connectivity index (χ3v) is 9.42. The number of aromatic nitrogens is 6. The standard InChI is InChI=1S/C39H41N7O5/c1-49-35-18-13-26(23-36(35)50-2)32-16-11-28(39(48)40-19-6-20-47)21-29(32)24-51-31-14-9-25(10-15-31)38-41-33-22-27(37-42-44-45-43-37)12-17-34(33)46(38)30-7-4-3-5-8-30/h9-18,21-23,30,47H,3-8,19-20,24H2,1-2H3,(H,40,48)(H,42,43,44,45). The number of ether oxygens (including phenoxy) is 3. The Morgan fingerprint density at radius 2 is 1.69 bits per heavy atom. The molecule has 0 bridgehead atoms. The van der Waals surface area contributed by atoms with Crippen LogP contribution in [0.3, 0.4) is 0 Å². The number of hydrogen-bond donors (Lipinski definition) is 3. The molecule has 12 heteroatoms. The average molecular weight is 688 g/mol. The highest BCUT2D eigenvalue weighted by atomic mass is 16.5. The van der Waals surface area contributed by atoms with Crippen LogP contribution in [0.1, 0.15) is 60.5 Å². The van der Waals surface area contributed by atoms with Crippen LogP contribution in [0.2, 0.25) is 0 Å². The highest BCUT2D eigenvalue weighted by molar-refractivity contribution is 5.95. The Kier molecular flexibility index (Phi) is 10.2. The van der Waals surface area contributed by atoms with E-state index in [1.54, 1.807) is 20.3 Å². The summed E-state index contributed by atoms with van der Waals surface area (Å²) in [6, 6.07) is 25.9. The molecule has 0 spiro atoms. The molecule has 0 atom stereocenters. The van der Waals surface area contributed by atoms with Crippen molar-refractivity contribution in [1.29, 1.82) is 0 Å². The molecule has 4 aromatic carbocycles. The fraction of sp³-hybridized carbons (Fsp3) is 0.308. The largest absolute Gasteiger partial charge is 0.493 e. The summed E-state index contributed by atoms with van der Waals surface area (Å²) in [7, 11) is 3.21. The molecule has 12 nitrogen and oxygen atoms in total. The predicted octanol–water partition coefficient (Wildman–Crippen LogP) is 6.76. The summed E-state index contributed by atoms with van der Waals surface area (Å²) in [4.78, 5) is 18.1. The van der Waals surface area contributed by atoms with E-state index in [0.29, 0.717) is 47.6 Å². The summed E-state index contributed by atoms with van der Waals surface area (Å²) in [6.45, 7) is 0.622. The number of nitrogens with zero attached hydrogens (tertiary/aromatic N) is 5. The first-order chi connectivity index (χ1) is 25.1. The molecular weight excluding hydrogens is 646 g/mol. The lowest BCUT2D eigenvalue weighted by Gasteiger charge is -2.25. The number of aromatic amines is 1. The Labute approximate surface area is 295 Å². The molecule has 1 aliphatic carbocycles. The smallest absolute Gasteiger partial charge is 0.251 e. The van der Waals surface area contributed by atoms with Gasteiger partial charge in [-0.3, -0.25) is 4.79 Å². The summed E-state index contributed by atoms with van der Waals surface area (Å²) in [5.74, 6) is 3.17. The highest BCUT2D eigenvalue weighted by Gasteiger charge is 2.23. The van der Waals surface area contributed by atoms with E-state index in [9.17, 15) is 4.79 Å². The van der Waals surface area contributed by atoms with E-state index in [1.807, 2.05) is 54.6 Å². The third-order valence-electron chi connectivity index (χ3n) is 9.42. The Bertz CT molecular complexity index is 2110. The van der Waals surface area contributed by atoms with Crippen LogP contribution < -0.4 is 19.5 Å². The van der Waals surface area contributed by atoms with Crippen LogP contribution in [0.4, 0.5) is 0 Å². The Morgan fingerprint density at radius 3 is 2.43 bits per heavy atom. The van der Waals surface area contributed by atoms with Crippen molar-refractivity contribution in [2.24, 2.45) is 0 Å². The minimum atomic E-state index is -0.210. The van der Waals surface area contributed by atoms with Gasteiger partial charge in [-0.25, -0.2) is 4.98 Å². The first-order valence-electron chi connectivity index (χ1n) is 17.3. The second-order valence-electron chi connectivity index (χ2n) is 12.6. The second-order valence-corrected chi connectivity index (χ2v) is 12.6. The Hall–Kier alpha value is -5.75. The van der Waals surface area contributed by atoms with E-state index >= 15 is 0 Å². The predicted molar refractivity (Wildman–Crippen MR) is 194 cm³/mol. The number of nitrogens with one attached hydrogen (secondary N) is 2. The van der Waals surface area contributed by atoms with Crippen LogP contribution in [0.5, 0.6) is 17.2 Å². The van der Waals surface area contributed by atoms with Crippen molar-refractivity contribution in [2.75, 3.05) is 27.4 Å². The molecule has 3 N–H and O–H groups in total. The number of carbonyl (C=O) groups excluding carboxylic acids is 1. The maximum Gasteiger partial charge on any atom is 0.251 e. The number of amides is 1. The van der Waals surface area contributed by atoms with Crippen molar-refractivity contribution < 1.29 is 24.1 Å². The van der Waals surface area contributed by atoms with Gasteiger partial charge in [0.05, 0.1) is 25.3 Å². The van der Waals surface area contributed by atoms with Crippen LogP contribution in [-0.4, -0.2) is 68.6 Å². The number of aliphatic hydroxyl groups is 1. The lowest BCUT2D eigenvalue weighted by Crippen LogP contribution is -2.25. The van der Waals surface area contributed by atoms with Gasteiger partial charge in [-0.1, -0.05) is 31.4 Å². The molecule has 51 heavy (non-hydrogen) atoms. The molecular formula is C39H41N7O5. The molecule has 1 fully saturated rings. The number of carbonyl (C=O) groups is 1. The molecule has 2 heterocycles. The van der Waals surface area contributed by atoms with E-state index in [-0.39, 0.29) is 19.1 Å². The van der Waals surface area contributed by atoms with Crippen molar-refractivity contribution in [3.63, 3.8) is 0 Å². The number of methoxy groups -OCH3 is 2. The number of rotatable bonds is 13. The van der Waals surface area contributed by atoms with Crippen LogP contribution in [0.25, 0.3) is 44.9 Å². The molecule has 1 amide bonds. The molecule has 0 aliphatic heterocycles. The fourth-order valence-electron chi connectivity index (χ4n) is 6.82. The van der Waals surface area contributed by atoms with E-state index in [1.165, 1.54) is 19.3 Å². The second kappa shape index (κ2) is 15.4. The summed E-state index contributed by atoms with van der Waals surface area (Å²) >= 11 is 0. The Balaban J connectivity index is 1.18. The zero-order valence-corrected chi connectivity index (χ0v) is 28.8. The van der Waals surface area contributed by atoms with Crippen LogP contribution in [-0.2, 0) is 6.61 Å². The SMILES string of the molecule is COc1ccc(-c2ccc(C(=O)NCCCO)cc2COc2ccc(-c3nc4cc(-c5nn[nH]n5)ccc4n3C3CCCCC3)cc2)cc1OC. The number of tetrazole rings is 1. The van der Waals surface area contributed by atoms with Gasteiger partial charge in [0.25, 0.3) is 5.91 Å². The quantitative estimate of drug-likeness (QED) is 0.112. The van der Waals surface area contributed by atoms with Gasteiger partial charge in [0, 0.05) is 35.9 Å². The molecule has 262 valence electrons. The number of fused-ring (bicyclic) bond motifs is 1. The molecule has 2 aromatic heterocycles. The van der Waals surface area contributed by atoms with Crippen molar-refractivity contribution in [3.8, 4) is 51.2 Å². The zero-order chi connectivity index (χ0) is 35.2. The maximum absolute atomic E-state index is 12.9. The first kappa shape index (κ1) is 33.7. The minimum Gasteiger partial charge on any atom is -0.493 e. The van der Waals surface area contributed by atoms with Gasteiger partial charge >= 0.3 is 0 Å². The maximum atomic E-state index is 12.9. The molecule has 0 saturated heterocycles. The third kappa shape index (κ3) is 7.27. The van der Waals surface area contributed by atoms with Gasteiger partial charge < -0.3 is 29.2 Å². The molecule has 0 radical (unpaired) electrons. The monoisotopic (exact) mass is 687 g/mol. The van der Waals surface area contributed by atoms with Crippen molar-refractivity contribution >= 4 is 16.9 Å². The summed E-state index contributed by atoms with van der Waals surface area (Å²) in [5.41, 5.74) is 6.98. The molecule has 1 saturated carbocycles. The highest BCUT2D eigenvalue weighted by Crippen LogP contribution is 2.38. The van der Waals surface area contributed by atoms with Crippen LogP contribution in [0.15, 0.2) is 78.9 Å². The summed E-state index contributed by atoms with van der Waals surface area (Å²) in [5, 5.41) is 26.6. The van der Waals surface area contributed by atoms with Crippen molar-refractivity contribution in [3.05, 3.63) is 90.0 Å². The number of benzene rings is 4. The van der Waals surface area contributed by atoms with Gasteiger partial charge in [0.15, 0.2) is 11.5 Å². The number of aliphatic hydroxyl groups excluding tert-OH is 1. The minimum absolute atomic E-state index is 0.0116. The molecule has 0 unspecified atom stereocenters. The van der Waals surface area contributed by atoms with Crippen LogP contribution in [0, 0.1) is 0 Å². The number of hydrogen-bond acceptors (Lipinski definition) is 9. The first-order valence-corrected chi connectivity index (χ1v) is 17.3. The van der Waals surface area contributed by atoms with Gasteiger partial charge in [-0.05, 0) is 108 Å². The van der Waals surface area contributed by atoms with Crippen molar-refractivity contribution in [2.45, 2.75) is 51.2 Å². The Morgan fingerprint density at radius 1 is 0.902 bits per heavy atom. The number of imidazole rings is 1. The average Bonchev–Trinajstić information content (AvgIpc) is 3.86. The summed E-state index contributed by atoms with van der Waals surface area (Å²) < 4.78 is 19.8. The normalized spacial score (nSPS) is 13.3.